The van der Waals surface area contributed by atoms with Crippen LogP contribution in [0.15, 0.2) is 12.2 Å². The molecule has 1 aliphatic rings. The van der Waals surface area contributed by atoms with Gasteiger partial charge in [-0.25, -0.2) is 0 Å². The molecule has 7 heavy (non-hydrogen) atoms. The minimum Gasteiger partial charge on any atom is -0.312 e. The van der Waals surface area contributed by atoms with Gasteiger partial charge in [0.25, 0.3) is 0 Å². The van der Waals surface area contributed by atoms with Crippen LogP contribution in [0.4, 0.5) is 0 Å². The third kappa shape index (κ3) is 1.03. The Labute approximate surface area is 44.4 Å². The fourth-order valence-electron chi connectivity index (χ4n) is 0.784. The molecule has 0 fully saturated rings. The van der Waals surface area contributed by atoms with Crippen LogP contribution in [0.2, 0.25) is 0 Å². The van der Waals surface area contributed by atoms with Crippen LogP contribution in [0.5, 0.6) is 0 Å². The fourth-order valence-corrected chi connectivity index (χ4v) is 0.784. The zero-order valence-corrected chi connectivity index (χ0v) is 4.35. The molecule has 1 radical (unpaired) electrons. The van der Waals surface area contributed by atoms with E-state index in [9.17, 15) is 0 Å². The Morgan fingerprint density at radius 2 is 2.00 bits per heavy atom. The monoisotopic (exact) mass is 96.1 g/mol. The van der Waals surface area contributed by atoms with E-state index in [0.717, 1.165) is 12.8 Å². The van der Waals surface area contributed by atoms with E-state index in [1.54, 1.807) is 0 Å². The minimum atomic E-state index is 0.625. The molecule has 1 nitrogen and oxygen atoms in total. The van der Waals surface area contributed by atoms with Gasteiger partial charge in [0.15, 0.2) is 0 Å². The van der Waals surface area contributed by atoms with E-state index in [0.29, 0.717) is 6.04 Å². The second-order valence-corrected chi connectivity index (χ2v) is 1.84. The highest BCUT2D eigenvalue weighted by Gasteiger charge is 2.04. The molecular weight excluding hydrogens is 86.1 g/mol. The van der Waals surface area contributed by atoms with Crippen LogP contribution in [0.3, 0.4) is 0 Å². The van der Waals surface area contributed by atoms with E-state index in [2.05, 4.69) is 24.5 Å². The Hall–Kier alpha value is -0.300. The molecule has 0 saturated carbocycles. The molecule has 0 saturated heterocycles. The summed E-state index contributed by atoms with van der Waals surface area (Å²) >= 11 is 0. The molecule has 0 heterocycles. The van der Waals surface area contributed by atoms with Crippen LogP contribution in [0, 0.1) is 7.05 Å². The van der Waals surface area contributed by atoms with Gasteiger partial charge in [0.2, 0.25) is 0 Å². The van der Waals surface area contributed by atoms with Gasteiger partial charge in [-0.15, -0.1) is 0 Å². The normalized spacial score (nSPS) is 21.3. The average Bonchev–Trinajstić information content (AvgIpc) is 2.14. The molecule has 0 aromatic rings. The zero-order chi connectivity index (χ0) is 5.11. The maximum Gasteiger partial charge on any atom is 0.0137 e. The summed E-state index contributed by atoms with van der Waals surface area (Å²) in [6.07, 6.45) is 6.68. The zero-order valence-electron chi connectivity index (χ0n) is 4.35. The summed E-state index contributed by atoms with van der Waals surface area (Å²) in [6.45, 7) is 0. The van der Waals surface area contributed by atoms with Crippen LogP contribution < -0.4 is 5.32 Å². The molecule has 0 bridgehead atoms. The van der Waals surface area contributed by atoms with E-state index in [4.69, 9.17) is 0 Å². The van der Waals surface area contributed by atoms with E-state index >= 15 is 0 Å². The molecule has 1 heteroatoms. The molecule has 0 atom stereocenters. The first kappa shape index (κ1) is 4.85. The molecule has 0 spiro atoms. The van der Waals surface area contributed by atoms with Crippen molar-refractivity contribution in [2.45, 2.75) is 18.9 Å². The van der Waals surface area contributed by atoms with Gasteiger partial charge in [0.1, 0.15) is 0 Å². The summed E-state index contributed by atoms with van der Waals surface area (Å²) in [7, 11) is 3.58. The van der Waals surface area contributed by atoms with Gasteiger partial charge < -0.3 is 5.32 Å². The Morgan fingerprint density at radius 1 is 1.43 bits per heavy atom. The lowest BCUT2D eigenvalue weighted by atomic mass is 10.2. The van der Waals surface area contributed by atoms with Gasteiger partial charge >= 0.3 is 0 Å². The second kappa shape index (κ2) is 2.12. The number of hydrogen-bond donors (Lipinski definition) is 1. The van der Waals surface area contributed by atoms with Crippen LogP contribution in [0.25, 0.3) is 0 Å². The van der Waals surface area contributed by atoms with Gasteiger partial charge in [-0.2, -0.15) is 0 Å². The van der Waals surface area contributed by atoms with Crippen molar-refractivity contribution in [3.8, 4) is 0 Å². The average molecular weight is 96.2 g/mol. The van der Waals surface area contributed by atoms with Gasteiger partial charge in [-0.05, 0) is 12.8 Å². The smallest absolute Gasteiger partial charge is 0.0137 e. The Morgan fingerprint density at radius 3 is 2.29 bits per heavy atom. The molecule has 1 aliphatic carbocycles. The Kier molecular flexibility index (Phi) is 1.47. The van der Waals surface area contributed by atoms with Crippen molar-refractivity contribution in [2.75, 3.05) is 0 Å². The first-order chi connectivity index (χ1) is 3.43. The van der Waals surface area contributed by atoms with Crippen molar-refractivity contribution in [3.63, 3.8) is 0 Å². The predicted molar refractivity (Wildman–Crippen MR) is 30.7 cm³/mol. The summed E-state index contributed by atoms with van der Waals surface area (Å²) < 4.78 is 0. The first-order valence-electron chi connectivity index (χ1n) is 2.61. The molecule has 1 rings (SSSR count). The van der Waals surface area contributed by atoms with E-state index in [1.807, 2.05) is 0 Å². The topological polar surface area (TPSA) is 12.0 Å². The summed E-state index contributed by atoms with van der Waals surface area (Å²) in [5, 5.41) is 2.95. The number of hydrogen-bond acceptors (Lipinski definition) is 1. The standard InChI is InChI=1S/C6H10N/c1-7-6-4-2-3-5-6/h2-3,6-7H,1,4-5H2. The molecule has 0 unspecified atom stereocenters. The highest BCUT2D eigenvalue weighted by atomic mass is 14.9. The molecule has 0 aromatic carbocycles. The summed E-state index contributed by atoms with van der Waals surface area (Å²) in [4.78, 5) is 0. The lowest BCUT2D eigenvalue weighted by Gasteiger charge is -2.03. The minimum absolute atomic E-state index is 0.625. The van der Waals surface area contributed by atoms with Gasteiger partial charge in [0, 0.05) is 13.1 Å². The van der Waals surface area contributed by atoms with E-state index in [-0.39, 0.29) is 0 Å². The van der Waals surface area contributed by atoms with Crippen molar-refractivity contribution >= 4 is 0 Å². The summed E-state index contributed by atoms with van der Waals surface area (Å²) in [5.74, 6) is 0. The van der Waals surface area contributed by atoms with Gasteiger partial charge in [-0.1, -0.05) is 12.2 Å². The van der Waals surface area contributed by atoms with Crippen molar-refractivity contribution in [2.24, 2.45) is 0 Å². The molecule has 0 aromatic heterocycles. The third-order valence-electron chi connectivity index (χ3n) is 1.30. The maximum atomic E-state index is 3.58. The Bertz CT molecular complexity index is 68.2. The number of nitrogens with one attached hydrogen (secondary N) is 1. The van der Waals surface area contributed by atoms with Crippen molar-refractivity contribution in [1.82, 2.24) is 5.32 Å². The highest BCUT2D eigenvalue weighted by Crippen LogP contribution is 2.07. The molecule has 39 valence electrons. The first-order valence-corrected chi connectivity index (χ1v) is 2.61. The molecule has 1 N–H and O–H groups in total. The maximum absolute atomic E-state index is 3.58. The van der Waals surface area contributed by atoms with Crippen LogP contribution in [0.1, 0.15) is 12.8 Å². The van der Waals surface area contributed by atoms with Crippen molar-refractivity contribution in [1.29, 1.82) is 0 Å². The van der Waals surface area contributed by atoms with Gasteiger partial charge in [0.05, 0.1) is 0 Å². The van der Waals surface area contributed by atoms with Crippen molar-refractivity contribution < 1.29 is 0 Å². The van der Waals surface area contributed by atoms with Crippen LogP contribution in [-0.2, 0) is 0 Å². The molecular formula is C6H10N. The SMILES string of the molecule is [CH2]NC1CC=CC1. The fraction of sp³-hybridized carbons (Fsp3) is 0.500. The highest BCUT2D eigenvalue weighted by molar-refractivity contribution is 4.97. The second-order valence-electron chi connectivity index (χ2n) is 1.84. The lowest BCUT2D eigenvalue weighted by Crippen LogP contribution is -2.18. The van der Waals surface area contributed by atoms with E-state index in [1.165, 1.54) is 0 Å². The lowest BCUT2D eigenvalue weighted by molar-refractivity contribution is 0.625. The third-order valence-corrected chi connectivity index (χ3v) is 1.30. The largest absolute Gasteiger partial charge is 0.312 e. The van der Waals surface area contributed by atoms with E-state index < -0.39 is 0 Å². The van der Waals surface area contributed by atoms with Crippen LogP contribution in [-0.4, -0.2) is 6.04 Å². The quantitative estimate of drug-likeness (QED) is 0.482. The summed E-state index contributed by atoms with van der Waals surface area (Å²) in [6, 6.07) is 0.625. The predicted octanol–water partition coefficient (Wildman–Crippen LogP) is 1.09. The number of rotatable bonds is 1. The molecule has 0 amide bonds. The van der Waals surface area contributed by atoms with Crippen molar-refractivity contribution in [3.05, 3.63) is 19.2 Å². The Balaban J connectivity index is 2.22. The van der Waals surface area contributed by atoms with Crippen LogP contribution >= 0.6 is 0 Å². The van der Waals surface area contributed by atoms with Gasteiger partial charge in [-0.3, -0.25) is 0 Å². The summed E-state index contributed by atoms with van der Waals surface area (Å²) in [5.41, 5.74) is 0. The molecule has 0 aliphatic heterocycles.